The van der Waals surface area contributed by atoms with E-state index in [1.165, 1.54) is 11.8 Å². The smallest absolute Gasteiger partial charge is 0.219 e. The maximum atomic E-state index is 11.7. The van der Waals surface area contributed by atoms with E-state index in [-0.39, 0.29) is 10.7 Å². The molecular weight excluding hydrogens is 220 g/mol. The van der Waals surface area contributed by atoms with Gasteiger partial charge in [-0.25, -0.2) is 0 Å². The van der Waals surface area contributed by atoms with E-state index in [0.29, 0.717) is 12.4 Å². The van der Waals surface area contributed by atoms with Crippen LogP contribution in [0, 0.1) is 0 Å². The second-order valence-corrected chi connectivity index (χ2v) is 5.53. The molecule has 0 atom stereocenters. The molecule has 16 heavy (non-hydrogen) atoms. The fourth-order valence-corrected chi connectivity index (χ4v) is 1.79. The monoisotopic (exact) mass is 238 g/mol. The van der Waals surface area contributed by atoms with Crippen molar-refractivity contribution in [1.82, 2.24) is 0 Å². The molecule has 1 rings (SSSR count). The maximum absolute atomic E-state index is 11.7. The van der Waals surface area contributed by atoms with Crippen LogP contribution in [0.3, 0.4) is 0 Å². The molecule has 0 saturated carbocycles. The van der Waals surface area contributed by atoms with Gasteiger partial charge in [0.15, 0.2) is 0 Å². The summed E-state index contributed by atoms with van der Waals surface area (Å²) in [6.45, 7) is 6.64. The first-order valence-electron chi connectivity index (χ1n) is 5.35. The van der Waals surface area contributed by atoms with Crippen molar-refractivity contribution in [3.05, 3.63) is 35.9 Å². The first-order valence-corrected chi connectivity index (χ1v) is 6.34. The van der Waals surface area contributed by atoms with Crippen molar-refractivity contribution in [2.75, 3.05) is 12.4 Å². The molecular formula is C13H18O2S. The number of rotatable bonds is 4. The highest BCUT2D eigenvalue weighted by molar-refractivity contribution is 8.14. The van der Waals surface area contributed by atoms with Crippen LogP contribution in [0.25, 0.3) is 0 Å². The molecule has 0 N–H and O–H groups in total. The summed E-state index contributed by atoms with van der Waals surface area (Å²) < 4.78 is 5.54. The van der Waals surface area contributed by atoms with Crippen molar-refractivity contribution < 1.29 is 9.53 Å². The Hall–Kier alpha value is -0.800. The molecule has 0 unspecified atom stereocenters. The van der Waals surface area contributed by atoms with Crippen LogP contribution in [-0.4, -0.2) is 23.1 Å². The molecule has 0 aliphatic heterocycles. The molecule has 0 bridgehead atoms. The van der Waals surface area contributed by atoms with Crippen LogP contribution in [0.4, 0.5) is 0 Å². The van der Waals surface area contributed by atoms with Gasteiger partial charge in [-0.1, -0.05) is 42.1 Å². The van der Waals surface area contributed by atoms with Crippen LogP contribution in [0.2, 0.25) is 0 Å². The number of ether oxygens (including phenoxy) is 1. The standard InChI is InChI=1S/C13H18O2S/c1-13(2,3)15-9-10-16-12(14)11-7-5-4-6-8-11/h4-8H,9-10H2,1-3H3. The Morgan fingerprint density at radius 3 is 2.44 bits per heavy atom. The van der Waals surface area contributed by atoms with E-state index in [0.717, 1.165) is 5.56 Å². The van der Waals surface area contributed by atoms with Gasteiger partial charge in [0.2, 0.25) is 5.12 Å². The highest BCUT2D eigenvalue weighted by Gasteiger charge is 2.10. The molecule has 0 heterocycles. The zero-order valence-electron chi connectivity index (χ0n) is 10.0. The third kappa shape index (κ3) is 5.33. The van der Waals surface area contributed by atoms with Gasteiger partial charge < -0.3 is 4.74 Å². The first kappa shape index (κ1) is 13.3. The highest BCUT2D eigenvalue weighted by Crippen LogP contribution is 2.13. The van der Waals surface area contributed by atoms with Gasteiger partial charge in [0.25, 0.3) is 0 Å². The molecule has 2 nitrogen and oxygen atoms in total. The molecule has 0 amide bonds. The molecule has 0 aliphatic carbocycles. The topological polar surface area (TPSA) is 26.3 Å². The second kappa shape index (κ2) is 6.06. The lowest BCUT2D eigenvalue weighted by Gasteiger charge is -2.18. The van der Waals surface area contributed by atoms with E-state index in [4.69, 9.17) is 4.74 Å². The number of hydrogen-bond donors (Lipinski definition) is 0. The maximum Gasteiger partial charge on any atom is 0.219 e. The average Bonchev–Trinajstić information content (AvgIpc) is 2.24. The third-order valence-corrected chi connectivity index (χ3v) is 2.73. The molecule has 0 aliphatic rings. The molecule has 88 valence electrons. The highest BCUT2D eigenvalue weighted by atomic mass is 32.2. The normalized spacial score (nSPS) is 11.4. The van der Waals surface area contributed by atoms with Crippen LogP contribution >= 0.6 is 11.8 Å². The second-order valence-electron chi connectivity index (χ2n) is 4.46. The Kier molecular flexibility index (Phi) is 5.03. The van der Waals surface area contributed by atoms with Crippen LogP contribution in [0.5, 0.6) is 0 Å². The zero-order valence-corrected chi connectivity index (χ0v) is 10.8. The Balaban J connectivity index is 2.27. The van der Waals surface area contributed by atoms with Gasteiger partial charge in [-0.2, -0.15) is 0 Å². The number of carbonyl (C=O) groups is 1. The predicted octanol–water partition coefficient (Wildman–Crippen LogP) is 3.38. The first-order chi connectivity index (χ1) is 7.49. The van der Waals surface area contributed by atoms with Gasteiger partial charge in [0.05, 0.1) is 12.2 Å². The summed E-state index contributed by atoms with van der Waals surface area (Å²) >= 11 is 1.31. The quantitative estimate of drug-likeness (QED) is 0.752. The Morgan fingerprint density at radius 2 is 1.88 bits per heavy atom. The molecule has 0 radical (unpaired) electrons. The Labute approximate surface area is 101 Å². The SMILES string of the molecule is CC(C)(C)OCCSC(=O)c1ccccc1. The average molecular weight is 238 g/mol. The summed E-state index contributed by atoms with van der Waals surface area (Å²) in [5.41, 5.74) is 0.624. The lowest BCUT2D eigenvalue weighted by molar-refractivity contribution is 0.00692. The Bertz CT molecular complexity index is 328. The van der Waals surface area contributed by atoms with E-state index < -0.39 is 0 Å². The van der Waals surface area contributed by atoms with Gasteiger partial charge in [-0.05, 0) is 20.8 Å². The van der Waals surface area contributed by atoms with E-state index in [9.17, 15) is 4.79 Å². The van der Waals surface area contributed by atoms with E-state index in [1.807, 2.05) is 51.1 Å². The fourth-order valence-electron chi connectivity index (χ4n) is 1.14. The molecule has 1 aromatic rings. The van der Waals surface area contributed by atoms with Gasteiger partial charge in [0.1, 0.15) is 0 Å². The summed E-state index contributed by atoms with van der Waals surface area (Å²) in [7, 11) is 0. The largest absolute Gasteiger partial charge is 0.375 e. The van der Waals surface area contributed by atoms with Crippen LogP contribution in [0.15, 0.2) is 30.3 Å². The van der Waals surface area contributed by atoms with E-state index in [1.54, 1.807) is 0 Å². The van der Waals surface area contributed by atoms with Crippen molar-refractivity contribution in [1.29, 1.82) is 0 Å². The Morgan fingerprint density at radius 1 is 1.25 bits per heavy atom. The molecule has 0 spiro atoms. The minimum Gasteiger partial charge on any atom is -0.375 e. The van der Waals surface area contributed by atoms with Crippen molar-refractivity contribution in [2.24, 2.45) is 0 Å². The molecule has 0 saturated heterocycles. The van der Waals surface area contributed by atoms with Gasteiger partial charge in [-0.15, -0.1) is 0 Å². The van der Waals surface area contributed by atoms with E-state index in [2.05, 4.69) is 0 Å². The minimum atomic E-state index is -0.129. The number of hydrogen-bond acceptors (Lipinski definition) is 3. The molecule has 1 aromatic carbocycles. The van der Waals surface area contributed by atoms with Crippen molar-refractivity contribution in [3.63, 3.8) is 0 Å². The van der Waals surface area contributed by atoms with Crippen LogP contribution < -0.4 is 0 Å². The summed E-state index contributed by atoms with van der Waals surface area (Å²) in [6, 6.07) is 9.32. The summed E-state index contributed by atoms with van der Waals surface area (Å²) in [4.78, 5) is 11.7. The van der Waals surface area contributed by atoms with Crippen molar-refractivity contribution in [3.8, 4) is 0 Å². The van der Waals surface area contributed by atoms with Crippen molar-refractivity contribution >= 4 is 16.9 Å². The van der Waals surface area contributed by atoms with Crippen molar-refractivity contribution in [2.45, 2.75) is 26.4 Å². The minimum absolute atomic E-state index is 0.109. The fraction of sp³-hybridized carbons (Fsp3) is 0.462. The number of thioether (sulfide) groups is 1. The summed E-state index contributed by atoms with van der Waals surface area (Å²) in [6.07, 6.45) is 0. The molecule has 0 fully saturated rings. The molecule has 0 aromatic heterocycles. The van der Waals surface area contributed by atoms with Crippen LogP contribution in [-0.2, 0) is 4.74 Å². The van der Waals surface area contributed by atoms with Gasteiger partial charge in [-0.3, -0.25) is 4.79 Å². The number of carbonyl (C=O) groups excluding carboxylic acids is 1. The molecule has 3 heteroatoms. The lowest BCUT2D eigenvalue weighted by atomic mass is 10.2. The lowest BCUT2D eigenvalue weighted by Crippen LogP contribution is -2.20. The third-order valence-electron chi connectivity index (χ3n) is 1.86. The van der Waals surface area contributed by atoms with Gasteiger partial charge >= 0.3 is 0 Å². The number of benzene rings is 1. The zero-order chi connectivity index (χ0) is 12.0. The van der Waals surface area contributed by atoms with Gasteiger partial charge in [0, 0.05) is 11.3 Å². The van der Waals surface area contributed by atoms with E-state index >= 15 is 0 Å². The predicted molar refractivity (Wildman–Crippen MR) is 68.9 cm³/mol. The summed E-state index contributed by atoms with van der Waals surface area (Å²) in [5, 5.41) is 0.109. The van der Waals surface area contributed by atoms with Crippen LogP contribution in [0.1, 0.15) is 31.1 Å². The summed E-state index contributed by atoms with van der Waals surface area (Å²) in [5.74, 6) is 0.699.